The lowest BCUT2D eigenvalue weighted by molar-refractivity contribution is -0.384. The summed E-state index contributed by atoms with van der Waals surface area (Å²) in [4.78, 5) is 23.8. The molecule has 4 aromatic carbocycles. The van der Waals surface area contributed by atoms with Crippen molar-refractivity contribution in [3.63, 3.8) is 0 Å². The van der Waals surface area contributed by atoms with Gasteiger partial charge in [-0.05, 0) is 65.2 Å². The second kappa shape index (κ2) is 12.7. The molecule has 0 bridgehead atoms. The maximum Gasteiger partial charge on any atom is 0.269 e. The Hall–Kier alpha value is -5.36. The number of nitrogens with one attached hydrogen (secondary N) is 2. The van der Waals surface area contributed by atoms with Gasteiger partial charge in [0.25, 0.3) is 5.69 Å². The van der Waals surface area contributed by atoms with Crippen LogP contribution in [-0.4, -0.2) is 17.9 Å². The van der Waals surface area contributed by atoms with E-state index in [4.69, 9.17) is 14.7 Å². The average molecular weight is 523 g/mol. The quantitative estimate of drug-likeness (QED) is 0.196. The Bertz CT molecular complexity index is 1470. The van der Waals surface area contributed by atoms with Gasteiger partial charge in [-0.25, -0.2) is 0 Å². The van der Waals surface area contributed by atoms with Gasteiger partial charge in [0, 0.05) is 24.4 Å². The van der Waals surface area contributed by atoms with Gasteiger partial charge in [0.2, 0.25) is 5.91 Å². The summed E-state index contributed by atoms with van der Waals surface area (Å²) in [6, 6.07) is 29.1. The predicted molar refractivity (Wildman–Crippen MR) is 146 cm³/mol. The summed E-state index contributed by atoms with van der Waals surface area (Å²) in [6.45, 7) is 0.539. The van der Waals surface area contributed by atoms with Gasteiger partial charge in [0.05, 0.1) is 23.7 Å². The van der Waals surface area contributed by atoms with Crippen LogP contribution in [0.25, 0.3) is 0 Å². The molecule has 0 fully saturated rings. The first-order valence-electron chi connectivity index (χ1n) is 12.1. The molecule has 0 saturated carbocycles. The number of anilines is 1. The van der Waals surface area contributed by atoms with E-state index in [2.05, 4.69) is 16.7 Å². The van der Waals surface area contributed by atoms with Crippen LogP contribution < -0.4 is 20.1 Å². The highest BCUT2D eigenvalue weighted by molar-refractivity contribution is 5.86. The Labute approximate surface area is 225 Å². The third-order valence-electron chi connectivity index (χ3n) is 5.96. The van der Waals surface area contributed by atoms with Crippen molar-refractivity contribution < 1.29 is 19.2 Å². The summed E-state index contributed by atoms with van der Waals surface area (Å²) in [6.07, 6.45) is 0. The highest BCUT2D eigenvalue weighted by atomic mass is 16.6. The topological polar surface area (TPSA) is 127 Å². The molecular weight excluding hydrogens is 496 g/mol. The van der Waals surface area contributed by atoms with Crippen molar-refractivity contribution in [1.82, 2.24) is 5.32 Å². The number of benzene rings is 4. The van der Waals surface area contributed by atoms with Crippen molar-refractivity contribution in [3.8, 4) is 17.6 Å². The molecule has 0 aliphatic rings. The minimum absolute atomic E-state index is 0.00651. The zero-order valence-corrected chi connectivity index (χ0v) is 21.2. The number of carbonyl (C=O) groups is 1. The lowest BCUT2D eigenvalue weighted by Gasteiger charge is -2.21. The molecule has 0 aromatic heterocycles. The Morgan fingerprint density at radius 3 is 2.31 bits per heavy atom. The van der Waals surface area contributed by atoms with Gasteiger partial charge in [-0.15, -0.1) is 0 Å². The molecule has 4 rings (SSSR count). The number of amides is 1. The van der Waals surface area contributed by atoms with E-state index in [1.54, 1.807) is 54.6 Å². The second-order valence-electron chi connectivity index (χ2n) is 8.59. The summed E-state index contributed by atoms with van der Waals surface area (Å²) in [5.74, 6) is 0.642. The Morgan fingerprint density at radius 1 is 0.949 bits per heavy atom. The van der Waals surface area contributed by atoms with E-state index in [1.165, 1.54) is 19.2 Å². The van der Waals surface area contributed by atoms with Crippen LogP contribution in [0.3, 0.4) is 0 Å². The molecule has 0 aliphatic heterocycles. The smallest absolute Gasteiger partial charge is 0.269 e. The monoisotopic (exact) mass is 522 g/mol. The van der Waals surface area contributed by atoms with E-state index in [-0.39, 0.29) is 18.2 Å². The number of rotatable bonds is 11. The molecule has 9 nitrogen and oxygen atoms in total. The van der Waals surface area contributed by atoms with Crippen LogP contribution in [0.4, 0.5) is 11.4 Å². The van der Waals surface area contributed by atoms with Gasteiger partial charge in [-0.2, -0.15) is 5.26 Å². The zero-order valence-electron chi connectivity index (χ0n) is 21.2. The van der Waals surface area contributed by atoms with E-state index in [0.29, 0.717) is 34.9 Å². The van der Waals surface area contributed by atoms with Crippen LogP contribution in [0.5, 0.6) is 11.5 Å². The fourth-order valence-corrected chi connectivity index (χ4v) is 3.85. The molecular formula is C30H26N4O5. The van der Waals surface area contributed by atoms with E-state index in [1.807, 2.05) is 30.3 Å². The number of nitro groups is 1. The van der Waals surface area contributed by atoms with Crippen LogP contribution in [0, 0.1) is 21.4 Å². The van der Waals surface area contributed by atoms with Crippen LogP contribution >= 0.6 is 0 Å². The Balaban J connectivity index is 1.54. The number of carbonyl (C=O) groups excluding carboxylic acids is 1. The van der Waals surface area contributed by atoms with Crippen molar-refractivity contribution >= 4 is 17.3 Å². The van der Waals surface area contributed by atoms with E-state index < -0.39 is 11.0 Å². The largest absolute Gasteiger partial charge is 0.493 e. The molecule has 1 amide bonds. The number of non-ortho nitro benzene ring substituents is 1. The molecule has 0 saturated heterocycles. The van der Waals surface area contributed by atoms with Crippen molar-refractivity contribution in [2.24, 2.45) is 0 Å². The van der Waals surface area contributed by atoms with Gasteiger partial charge < -0.3 is 20.1 Å². The minimum Gasteiger partial charge on any atom is -0.493 e. The van der Waals surface area contributed by atoms with E-state index >= 15 is 0 Å². The predicted octanol–water partition coefficient (Wildman–Crippen LogP) is 5.52. The first-order valence-corrected chi connectivity index (χ1v) is 12.1. The first kappa shape index (κ1) is 26.7. The third kappa shape index (κ3) is 7.11. The zero-order chi connectivity index (χ0) is 27.6. The standard InChI is InChI=1S/C30H26N4O5/c1-38-28-17-24(11-16-27(28)39-20-23-9-14-26(15-10-23)34(36)37)29(33-25-12-7-21(18-31)8-13-25)30(35)32-19-22-5-3-2-4-6-22/h2-17,29,33H,19-20H2,1H3,(H,32,35). The Morgan fingerprint density at radius 2 is 1.67 bits per heavy atom. The van der Waals surface area contributed by atoms with Gasteiger partial charge in [0.1, 0.15) is 12.6 Å². The average Bonchev–Trinajstić information content (AvgIpc) is 2.98. The minimum atomic E-state index is -0.765. The number of ether oxygens (including phenoxy) is 2. The van der Waals surface area contributed by atoms with Gasteiger partial charge in [-0.3, -0.25) is 14.9 Å². The first-order chi connectivity index (χ1) is 19.0. The number of nitrogens with zero attached hydrogens (tertiary/aromatic N) is 2. The van der Waals surface area contributed by atoms with E-state index in [0.717, 1.165) is 11.1 Å². The maximum absolute atomic E-state index is 13.4. The molecule has 9 heteroatoms. The SMILES string of the molecule is COc1cc(C(Nc2ccc(C#N)cc2)C(=O)NCc2ccccc2)ccc1OCc1ccc([N+](=O)[O-])cc1. The lowest BCUT2D eigenvalue weighted by atomic mass is 10.0. The fourth-order valence-electron chi connectivity index (χ4n) is 3.85. The molecule has 0 spiro atoms. The van der Waals surface area contributed by atoms with Crippen molar-refractivity contribution in [1.29, 1.82) is 5.26 Å². The fraction of sp³-hybridized carbons (Fsp3) is 0.133. The van der Waals surface area contributed by atoms with Crippen LogP contribution in [0.1, 0.15) is 28.3 Å². The van der Waals surface area contributed by atoms with Crippen LogP contribution in [0.15, 0.2) is 97.1 Å². The molecule has 1 unspecified atom stereocenters. The summed E-state index contributed by atoms with van der Waals surface area (Å²) in [7, 11) is 1.51. The lowest BCUT2D eigenvalue weighted by Crippen LogP contribution is -2.33. The van der Waals surface area contributed by atoms with Crippen molar-refractivity contribution in [2.75, 3.05) is 12.4 Å². The highest BCUT2D eigenvalue weighted by Crippen LogP contribution is 2.32. The van der Waals surface area contributed by atoms with Gasteiger partial charge in [0.15, 0.2) is 11.5 Å². The summed E-state index contributed by atoms with van der Waals surface area (Å²) in [5, 5.41) is 26.2. The van der Waals surface area contributed by atoms with E-state index in [9.17, 15) is 14.9 Å². The number of nitriles is 1. The second-order valence-corrected chi connectivity index (χ2v) is 8.59. The molecule has 1 atom stereocenters. The van der Waals surface area contributed by atoms with Gasteiger partial charge in [-0.1, -0.05) is 36.4 Å². The van der Waals surface area contributed by atoms with Crippen LogP contribution in [0.2, 0.25) is 0 Å². The molecule has 2 N–H and O–H groups in total. The van der Waals surface area contributed by atoms with Crippen molar-refractivity contribution in [2.45, 2.75) is 19.2 Å². The number of hydrogen-bond donors (Lipinski definition) is 2. The molecule has 0 aliphatic carbocycles. The number of nitro benzene ring substituents is 1. The number of methoxy groups -OCH3 is 1. The molecule has 4 aromatic rings. The molecule has 0 radical (unpaired) electrons. The summed E-state index contributed by atoms with van der Waals surface area (Å²) in [5.41, 5.74) is 3.56. The molecule has 196 valence electrons. The highest BCUT2D eigenvalue weighted by Gasteiger charge is 2.22. The number of hydrogen-bond acceptors (Lipinski definition) is 7. The normalized spacial score (nSPS) is 11.1. The third-order valence-corrected chi connectivity index (χ3v) is 5.96. The molecule has 0 heterocycles. The summed E-state index contributed by atoms with van der Waals surface area (Å²) < 4.78 is 11.5. The summed E-state index contributed by atoms with van der Waals surface area (Å²) >= 11 is 0. The Kier molecular flexibility index (Phi) is 8.72. The maximum atomic E-state index is 13.4. The van der Waals surface area contributed by atoms with Gasteiger partial charge >= 0.3 is 0 Å². The molecule has 39 heavy (non-hydrogen) atoms. The van der Waals surface area contributed by atoms with Crippen molar-refractivity contribution in [3.05, 3.63) is 129 Å². The van der Waals surface area contributed by atoms with Crippen LogP contribution in [-0.2, 0) is 17.9 Å².